The van der Waals surface area contributed by atoms with Gasteiger partial charge in [0.05, 0.1) is 22.5 Å². The molecule has 0 bridgehead atoms. The summed E-state index contributed by atoms with van der Waals surface area (Å²) in [7, 11) is -0.544. The first-order valence-electron chi connectivity index (χ1n) is 8.23. The Morgan fingerprint density at radius 1 is 1.20 bits per heavy atom. The molecule has 0 aromatic heterocycles. The van der Waals surface area contributed by atoms with Crippen molar-refractivity contribution >= 4 is 43.2 Å². The predicted octanol–water partition coefficient (Wildman–Crippen LogP) is 3.07. The summed E-state index contributed by atoms with van der Waals surface area (Å²) in [4.78, 5) is 24.0. The van der Waals surface area contributed by atoms with Gasteiger partial charge in [-0.3, -0.25) is 9.59 Å². The van der Waals surface area contributed by atoms with Gasteiger partial charge < -0.3 is 14.6 Å². The number of hydrogen-bond acceptors (Lipinski definition) is 5. The molecule has 1 N–H and O–H groups in total. The Kier molecular flexibility index (Phi) is 4.38. The molecule has 0 aliphatic carbocycles. The van der Waals surface area contributed by atoms with Crippen LogP contribution in [0.25, 0.3) is 6.08 Å². The second kappa shape index (κ2) is 6.00. The number of nitrogens with one attached hydrogen (secondary N) is 1. The molecule has 0 unspecified atom stereocenters. The number of anilines is 1. The van der Waals surface area contributed by atoms with Crippen LogP contribution in [0.1, 0.15) is 49.2 Å². The minimum atomic E-state index is -0.599. The van der Waals surface area contributed by atoms with E-state index in [0.29, 0.717) is 22.6 Å². The van der Waals surface area contributed by atoms with Gasteiger partial charge in [0.1, 0.15) is 0 Å². The Bertz CT molecular complexity index is 785. The van der Waals surface area contributed by atoms with Crippen LogP contribution < -0.4 is 5.32 Å². The molecular formula is C18H22BNO4S. The molecule has 1 fully saturated rings. The second-order valence-electron chi connectivity index (χ2n) is 7.47. The largest absolute Gasteiger partial charge is 0.491 e. The zero-order chi connectivity index (χ0) is 18.6. The Balaban J connectivity index is 2.05. The van der Waals surface area contributed by atoms with Crippen LogP contribution in [-0.2, 0) is 14.1 Å². The lowest BCUT2D eigenvalue weighted by atomic mass is 9.77. The molecule has 1 aromatic carbocycles. The number of thiol groups is 1. The summed E-state index contributed by atoms with van der Waals surface area (Å²) in [5.74, 6) is -0.703. The molecule has 2 aliphatic rings. The van der Waals surface area contributed by atoms with Crippen LogP contribution in [0.3, 0.4) is 0 Å². The van der Waals surface area contributed by atoms with Crippen LogP contribution in [0, 0.1) is 6.92 Å². The SMILES string of the molecule is Cc1ccc2c(c1C=C(CS)B1OC(C)(C)C(C)(C)O1)C(=O)C(=O)N2. The lowest BCUT2D eigenvalue weighted by molar-refractivity contribution is -0.112. The van der Waals surface area contributed by atoms with Crippen molar-refractivity contribution in [3.63, 3.8) is 0 Å². The highest BCUT2D eigenvalue weighted by Gasteiger charge is 2.52. The van der Waals surface area contributed by atoms with Crippen molar-refractivity contribution in [2.75, 3.05) is 11.1 Å². The van der Waals surface area contributed by atoms with Crippen molar-refractivity contribution in [3.05, 3.63) is 34.3 Å². The highest BCUT2D eigenvalue weighted by Crippen LogP contribution is 2.39. The topological polar surface area (TPSA) is 64.6 Å². The van der Waals surface area contributed by atoms with Crippen LogP contribution >= 0.6 is 12.6 Å². The van der Waals surface area contributed by atoms with E-state index in [1.54, 1.807) is 6.07 Å². The predicted molar refractivity (Wildman–Crippen MR) is 102 cm³/mol. The summed E-state index contributed by atoms with van der Waals surface area (Å²) in [6, 6.07) is 3.63. The molecule has 0 atom stereocenters. The van der Waals surface area contributed by atoms with Crippen molar-refractivity contribution in [3.8, 4) is 0 Å². The van der Waals surface area contributed by atoms with Crippen LogP contribution in [0.2, 0.25) is 0 Å². The van der Waals surface area contributed by atoms with Gasteiger partial charge in [-0.15, -0.1) is 0 Å². The summed E-state index contributed by atoms with van der Waals surface area (Å²) in [5.41, 5.74) is 2.45. The van der Waals surface area contributed by atoms with E-state index in [1.165, 1.54) is 0 Å². The fourth-order valence-corrected chi connectivity index (χ4v) is 3.16. The van der Waals surface area contributed by atoms with Crippen molar-refractivity contribution in [2.45, 2.75) is 45.8 Å². The van der Waals surface area contributed by atoms with Crippen LogP contribution in [0.5, 0.6) is 0 Å². The van der Waals surface area contributed by atoms with E-state index in [0.717, 1.165) is 11.0 Å². The Labute approximate surface area is 153 Å². The monoisotopic (exact) mass is 359 g/mol. The number of carbonyl (C=O) groups excluding carboxylic acids is 2. The number of ketones is 1. The molecule has 5 nitrogen and oxygen atoms in total. The highest BCUT2D eigenvalue weighted by molar-refractivity contribution is 7.80. The standard InChI is InChI=1S/C18H22BNO4S/c1-10-6-7-13-14(15(21)16(22)20-13)12(10)8-11(9-25)19-23-17(2,3)18(4,5)24-19/h6-8,25H,9H2,1-5H3,(H,20,21,22). The van der Waals surface area contributed by atoms with E-state index in [2.05, 4.69) is 17.9 Å². The maximum Gasteiger partial charge on any atom is 0.491 e. The first kappa shape index (κ1) is 18.2. The Morgan fingerprint density at radius 3 is 2.36 bits per heavy atom. The van der Waals surface area contributed by atoms with Gasteiger partial charge in [0, 0.05) is 5.75 Å². The molecule has 0 spiro atoms. The molecular weight excluding hydrogens is 337 g/mol. The molecule has 0 radical (unpaired) electrons. The quantitative estimate of drug-likeness (QED) is 0.495. The summed E-state index contributed by atoms with van der Waals surface area (Å²) in [6.07, 6.45) is 1.86. The number of aryl methyl sites for hydroxylation is 1. The zero-order valence-corrected chi connectivity index (χ0v) is 16.0. The lowest BCUT2D eigenvalue weighted by Gasteiger charge is -2.32. The third-order valence-electron chi connectivity index (χ3n) is 5.21. The maximum atomic E-state index is 12.2. The molecule has 1 amide bonds. The number of benzene rings is 1. The number of rotatable bonds is 3. The van der Waals surface area contributed by atoms with Gasteiger partial charge in [0.25, 0.3) is 11.7 Å². The summed E-state index contributed by atoms with van der Waals surface area (Å²) >= 11 is 4.42. The number of amides is 1. The molecule has 7 heteroatoms. The smallest absolute Gasteiger partial charge is 0.400 e. The van der Waals surface area contributed by atoms with Gasteiger partial charge in [-0.2, -0.15) is 12.6 Å². The van der Waals surface area contributed by atoms with Crippen molar-refractivity contribution in [1.82, 2.24) is 0 Å². The molecule has 25 heavy (non-hydrogen) atoms. The van der Waals surface area contributed by atoms with Gasteiger partial charge in [0.15, 0.2) is 0 Å². The first-order valence-corrected chi connectivity index (χ1v) is 8.87. The highest BCUT2D eigenvalue weighted by atomic mass is 32.1. The lowest BCUT2D eigenvalue weighted by Crippen LogP contribution is -2.41. The average Bonchev–Trinajstić information content (AvgIpc) is 2.92. The van der Waals surface area contributed by atoms with Gasteiger partial charge in [-0.1, -0.05) is 12.1 Å². The number of Topliss-reactive ketones (excluding diaryl/α,β-unsaturated/α-hetero) is 1. The normalized spacial score (nSPS) is 21.5. The summed E-state index contributed by atoms with van der Waals surface area (Å²) in [5, 5.41) is 2.60. The third-order valence-corrected chi connectivity index (χ3v) is 5.58. The minimum Gasteiger partial charge on any atom is -0.400 e. The summed E-state index contributed by atoms with van der Waals surface area (Å²) in [6.45, 7) is 9.85. The number of fused-ring (bicyclic) bond motifs is 1. The maximum absolute atomic E-state index is 12.2. The van der Waals surface area contributed by atoms with Crippen molar-refractivity contribution < 1.29 is 18.9 Å². The zero-order valence-electron chi connectivity index (χ0n) is 15.1. The van der Waals surface area contributed by atoms with E-state index in [4.69, 9.17) is 9.31 Å². The molecule has 0 saturated carbocycles. The molecule has 2 aliphatic heterocycles. The van der Waals surface area contributed by atoms with E-state index in [1.807, 2.05) is 46.8 Å². The molecule has 3 rings (SSSR count). The van der Waals surface area contributed by atoms with Gasteiger partial charge in [-0.25, -0.2) is 0 Å². The third kappa shape index (κ3) is 2.94. The van der Waals surface area contributed by atoms with Crippen LogP contribution in [-0.4, -0.2) is 35.8 Å². The molecule has 132 valence electrons. The fraction of sp³-hybridized carbons (Fsp3) is 0.444. The first-order chi connectivity index (χ1) is 11.6. The molecule has 1 aromatic rings. The molecule has 1 saturated heterocycles. The van der Waals surface area contributed by atoms with Crippen molar-refractivity contribution in [1.29, 1.82) is 0 Å². The van der Waals surface area contributed by atoms with Gasteiger partial charge in [0.2, 0.25) is 0 Å². The van der Waals surface area contributed by atoms with Crippen LogP contribution in [0.4, 0.5) is 5.69 Å². The van der Waals surface area contributed by atoms with E-state index < -0.39 is 30.0 Å². The fourth-order valence-electron chi connectivity index (χ4n) is 2.92. The number of hydrogen-bond donors (Lipinski definition) is 2. The van der Waals surface area contributed by atoms with Crippen molar-refractivity contribution in [2.24, 2.45) is 0 Å². The van der Waals surface area contributed by atoms with Gasteiger partial charge >= 0.3 is 7.12 Å². The average molecular weight is 359 g/mol. The number of carbonyl (C=O) groups is 2. The second-order valence-corrected chi connectivity index (χ2v) is 7.78. The van der Waals surface area contributed by atoms with E-state index >= 15 is 0 Å². The minimum absolute atomic E-state index is 0.404. The Hall–Kier alpha value is -1.57. The Morgan fingerprint density at radius 2 is 1.80 bits per heavy atom. The van der Waals surface area contributed by atoms with Gasteiger partial charge in [-0.05, 0) is 57.3 Å². The molecule has 2 heterocycles. The van der Waals surface area contributed by atoms with E-state index in [-0.39, 0.29) is 0 Å². The van der Waals surface area contributed by atoms with Crippen LogP contribution in [0.15, 0.2) is 17.6 Å². The van der Waals surface area contributed by atoms with E-state index in [9.17, 15) is 9.59 Å². The summed E-state index contributed by atoms with van der Waals surface area (Å²) < 4.78 is 12.2.